The number of ether oxygens (including phenoxy) is 1. The van der Waals surface area contributed by atoms with Gasteiger partial charge in [0, 0.05) is 18.1 Å². The number of nitrogens with zero attached hydrogens (tertiary/aromatic N) is 1. The standard InChI is InChI=1S/C18H29N3O3/c1-12-11-24-3-2-21(12)10-16(22)19-17(23)20-18-7-13-4-14(8-18)6-15(5-13)9-18/h12-15H,2-11H2,1H3,(H2,19,20,22,23)/t12-,13?,14?,15?,18?/m1/s1. The minimum absolute atomic E-state index is 0.0502. The number of amides is 3. The Balaban J connectivity index is 1.29. The van der Waals surface area contributed by atoms with Gasteiger partial charge in [0.1, 0.15) is 0 Å². The molecule has 5 fully saturated rings. The van der Waals surface area contributed by atoms with Crippen molar-refractivity contribution >= 4 is 11.9 Å². The molecule has 0 aromatic heterocycles. The van der Waals surface area contributed by atoms with Crippen LogP contribution in [0.2, 0.25) is 0 Å². The molecule has 0 unspecified atom stereocenters. The highest BCUT2D eigenvalue weighted by molar-refractivity contribution is 5.95. The van der Waals surface area contributed by atoms with Crippen molar-refractivity contribution in [2.45, 2.75) is 57.0 Å². The molecule has 0 aromatic rings. The predicted octanol–water partition coefficient (Wildman–Crippen LogP) is 1.50. The first kappa shape index (κ1) is 16.3. The lowest BCUT2D eigenvalue weighted by molar-refractivity contribution is -0.123. The summed E-state index contributed by atoms with van der Waals surface area (Å²) in [6, 6.07) is -0.0847. The molecule has 1 atom stereocenters. The molecule has 5 rings (SSSR count). The maximum atomic E-state index is 12.4. The van der Waals surface area contributed by atoms with Crippen LogP contribution in [-0.2, 0) is 9.53 Å². The van der Waals surface area contributed by atoms with E-state index in [-0.39, 0.29) is 30.1 Å². The number of carbonyl (C=O) groups is 2. The quantitative estimate of drug-likeness (QED) is 0.820. The van der Waals surface area contributed by atoms with E-state index in [0.717, 1.165) is 43.6 Å². The summed E-state index contributed by atoms with van der Waals surface area (Å²) in [6.07, 6.45) is 7.33. The van der Waals surface area contributed by atoms with Crippen LogP contribution in [-0.4, -0.2) is 54.7 Å². The first-order valence-corrected chi connectivity index (χ1v) is 9.45. The molecular formula is C18H29N3O3. The van der Waals surface area contributed by atoms with E-state index in [2.05, 4.69) is 15.5 Å². The van der Waals surface area contributed by atoms with E-state index in [1.165, 1.54) is 19.3 Å². The second-order valence-corrected chi connectivity index (χ2v) is 8.59. The van der Waals surface area contributed by atoms with E-state index >= 15 is 0 Å². The minimum atomic E-state index is -0.303. The number of hydrogen-bond acceptors (Lipinski definition) is 4. The highest BCUT2D eigenvalue weighted by Crippen LogP contribution is 2.55. The second kappa shape index (κ2) is 6.30. The van der Waals surface area contributed by atoms with Gasteiger partial charge in [-0.25, -0.2) is 4.79 Å². The summed E-state index contributed by atoms with van der Waals surface area (Å²) in [7, 11) is 0. The molecule has 6 nitrogen and oxygen atoms in total. The molecule has 0 radical (unpaired) electrons. The molecule has 6 heteroatoms. The highest BCUT2D eigenvalue weighted by atomic mass is 16.5. The third-order valence-corrected chi connectivity index (χ3v) is 6.52. The molecule has 0 spiro atoms. The number of morpholine rings is 1. The van der Waals surface area contributed by atoms with Gasteiger partial charge in [-0.15, -0.1) is 0 Å². The number of nitrogens with one attached hydrogen (secondary N) is 2. The van der Waals surface area contributed by atoms with E-state index in [1.54, 1.807) is 0 Å². The van der Waals surface area contributed by atoms with E-state index in [0.29, 0.717) is 13.2 Å². The van der Waals surface area contributed by atoms with Gasteiger partial charge in [-0.1, -0.05) is 0 Å². The first-order valence-electron chi connectivity index (χ1n) is 9.45. The summed E-state index contributed by atoms with van der Waals surface area (Å²) in [4.78, 5) is 26.6. The van der Waals surface area contributed by atoms with E-state index in [4.69, 9.17) is 4.74 Å². The van der Waals surface area contributed by atoms with Gasteiger partial charge in [0.15, 0.2) is 0 Å². The molecule has 134 valence electrons. The summed E-state index contributed by atoms with van der Waals surface area (Å²) >= 11 is 0. The fourth-order valence-electron chi connectivity index (χ4n) is 5.88. The fraction of sp³-hybridized carbons (Fsp3) is 0.889. The summed E-state index contributed by atoms with van der Waals surface area (Å²) in [5, 5.41) is 5.74. The second-order valence-electron chi connectivity index (χ2n) is 8.59. The molecule has 0 aromatic carbocycles. The van der Waals surface area contributed by atoms with Crippen LogP contribution < -0.4 is 10.6 Å². The average molecular weight is 335 g/mol. The lowest BCUT2D eigenvalue weighted by Crippen LogP contribution is -2.62. The van der Waals surface area contributed by atoms with Crippen molar-refractivity contribution in [1.29, 1.82) is 0 Å². The molecule has 3 amide bonds. The molecule has 24 heavy (non-hydrogen) atoms. The number of carbonyl (C=O) groups excluding carboxylic acids is 2. The third kappa shape index (κ3) is 3.31. The molecule has 1 saturated heterocycles. The van der Waals surface area contributed by atoms with Crippen LogP contribution in [0.5, 0.6) is 0 Å². The van der Waals surface area contributed by atoms with Crippen LogP contribution in [0.15, 0.2) is 0 Å². The first-order chi connectivity index (χ1) is 11.5. The Labute approximate surface area is 143 Å². The Hall–Kier alpha value is -1.14. The zero-order valence-electron chi connectivity index (χ0n) is 14.6. The summed E-state index contributed by atoms with van der Waals surface area (Å²) < 4.78 is 5.38. The maximum absolute atomic E-state index is 12.4. The molecule has 1 heterocycles. The molecule has 4 saturated carbocycles. The minimum Gasteiger partial charge on any atom is -0.379 e. The summed E-state index contributed by atoms with van der Waals surface area (Å²) in [5.74, 6) is 2.12. The van der Waals surface area contributed by atoms with Crippen LogP contribution >= 0.6 is 0 Å². The van der Waals surface area contributed by atoms with Crippen molar-refractivity contribution < 1.29 is 14.3 Å². The van der Waals surface area contributed by atoms with E-state index in [1.807, 2.05) is 6.92 Å². The van der Waals surface area contributed by atoms with Gasteiger partial charge in [-0.05, 0) is 63.2 Å². The molecule has 2 N–H and O–H groups in total. The van der Waals surface area contributed by atoms with Crippen molar-refractivity contribution in [3.8, 4) is 0 Å². The van der Waals surface area contributed by atoms with E-state index < -0.39 is 0 Å². The van der Waals surface area contributed by atoms with Gasteiger partial charge in [-0.2, -0.15) is 0 Å². The largest absolute Gasteiger partial charge is 0.379 e. The van der Waals surface area contributed by atoms with Gasteiger partial charge in [0.25, 0.3) is 0 Å². The van der Waals surface area contributed by atoms with Gasteiger partial charge in [0.05, 0.1) is 19.8 Å². The van der Waals surface area contributed by atoms with Crippen molar-refractivity contribution in [3.63, 3.8) is 0 Å². The Morgan fingerprint density at radius 1 is 1.12 bits per heavy atom. The van der Waals surface area contributed by atoms with Crippen LogP contribution in [0.4, 0.5) is 4.79 Å². The summed E-state index contributed by atoms with van der Waals surface area (Å²) in [6.45, 7) is 4.34. The van der Waals surface area contributed by atoms with Crippen LogP contribution in [0, 0.1) is 17.8 Å². The Morgan fingerprint density at radius 2 is 1.75 bits per heavy atom. The number of hydrogen-bond donors (Lipinski definition) is 2. The normalized spacial score (nSPS) is 41.2. The smallest absolute Gasteiger partial charge is 0.321 e. The fourth-order valence-corrected chi connectivity index (χ4v) is 5.88. The Bertz CT molecular complexity index is 486. The zero-order chi connectivity index (χ0) is 16.7. The molecule has 5 aliphatic rings. The number of imide groups is 1. The topological polar surface area (TPSA) is 70.7 Å². The Morgan fingerprint density at radius 3 is 2.33 bits per heavy atom. The van der Waals surface area contributed by atoms with Gasteiger partial charge < -0.3 is 10.1 Å². The molecular weight excluding hydrogens is 306 g/mol. The molecule has 4 aliphatic carbocycles. The van der Waals surface area contributed by atoms with Crippen LogP contribution in [0.1, 0.15) is 45.4 Å². The van der Waals surface area contributed by atoms with Gasteiger partial charge in [-0.3, -0.25) is 15.0 Å². The molecule has 4 bridgehead atoms. The average Bonchev–Trinajstić information content (AvgIpc) is 2.47. The van der Waals surface area contributed by atoms with Crippen LogP contribution in [0.3, 0.4) is 0 Å². The maximum Gasteiger partial charge on any atom is 0.321 e. The highest BCUT2D eigenvalue weighted by Gasteiger charge is 2.51. The van der Waals surface area contributed by atoms with Gasteiger partial charge in [0.2, 0.25) is 5.91 Å². The predicted molar refractivity (Wildman–Crippen MR) is 89.4 cm³/mol. The summed E-state index contributed by atoms with van der Waals surface area (Å²) in [5.41, 5.74) is -0.0502. The van der Waals surface area contributed by atoms with Crippen LogP contribution in [0.25, 0.3) is 0 Å². The van der Waals surface area contributed by atoms with Crippen molar-refractivity contribution in [3.05, 3.63) is 0 Å². The number of rotatable bonds is 3. The van der Waals surface area contributed by atoms with Crippen molar-refractivity contribution in [2.75, 3.05) is 26.3 Å². The monoisotopic (exact) mass is 335 g/mol. The SMILES string of the molecule is C[C@@H]1COCCN1CC(=O)NC(=O)NC12CC3CC(CC(C3)C1)C2. The number of urea groups is 1. The molecule has 1 aliphatic heterocycles. The van der Waals surface area contributed by atoms with Gasteiger partial charge >= 0.3 is 6.03 Å². The van der Waals surface area contributed by atoms with Crippen molar-refractivity contribution in [2.24, 2.45) is 17.8 Å². The van der Waals surface area contributed by atoms with Crippen molar-refractivity contribution in [1.82, 2.24) is 15.5 Å². The van der Waals surface area contributed by atoms with E-state index in [9.17, 15) is 9.59 Å². The zero-order valence-corrected chi connectivity index (χ0v) is 14.6. The third-order valence-electron chi connectivity index (χ3n) is 6.52. The Kier molecular flexibility index (Phi) is 4.29. The lowest BCUT2D eigenvalue weighted by Gasteiger charge is -2.56. The lowest BCUT2D eigenvalue weighted by atomic mass is 9.53.